The second-order valence-electron chi connectivity index (χ2n) is 8.10. The van der Waals surface area contributed by atoms with Crippen LogP contribution in [-0.2, 0) is 12.1 Å². The lowest BCUT2D eigenvalue weighted by atomic mass is 9.91. The summed E-state index contributed by atoms with van der Waals surface area (Å²) in [5, 5.41) is 16.0. The first-order valence-corrected chi connectivity index (χ1v) is 10.5. The average molecular weight is 461 g/mol. The molecule has 0 aliphatic rings. The molecule has 0 radical (unpaired) electrons. The third kappa shape index (κ3) is 3.99. The van der Waals surface area contributed by atoms with Crippen LogP contribution in [-0.4, -0.2) is 41.2 Å². The van der Waals surface area contributed by atoms with Crippen molar-refractivity contribution in [3.63, 3.8) is 0 Å². The molecule has 4 aromatic heterocycles. The molecule has 4 N–H and O–H groups in total. The first kappa shape index (κ1) is 21.7. The molecule has 0 fully saturated rings. The Morgan fingerprint density at radius 3 is 2.68 bits per heavy atom. The van der Waals surface area contributed by atoms with E-state index < -0.39 is 18.6 Å². The maximum atomic E-state index is 12.7. The molecule has 1 atom stereocenters. The molecule has 5 rings (SSSR count). The fourth-order valence-corrected chi connectivity index (χ4v) is 3.89. The highest BCUT2D eigenvalue weighted by Gasteiger charge is 2.28. The molecule has 0 bridgehead atoms. The Hall–Kier alpha value is -4.18. The molecule has 34 heavy (non-hydrogen) atoms. The minimum atomic E-state index is -2.49. The molecule has 172 valence electrons. The number of aromatic nitrogens is 6. The van der Waals surface area contributed by atoms with E-state index in [2.05, 4.69) is 25.0 Å². The van der Waals surface area contributed by atoms with E-state index in [4.69, 9.17) is 5.73 Å². The summed E-state index contributed by atoms with van der Waals surface area (Å²) in [6.45, 7) is 1.18. The summed E-state index contributed by atoms with van der Waals surface area (Å²) in [6, 6.07) is 12.7. The zero-order chi connectivity index (χ0) is 23.9. The number of nitrogens with two attached hydrogens (primary N) is 1. The lowest BCUT2D eigenvalue weighted by molar-refractivity contribution is 0.0974. The van der Waals surface area contributed by atoms with Gasteiger partial charge in [-0.2, -0.15) is 5.10 Å². The Bertz CT molecular complexity index is 1460. The van der Waals surface area contributed by atoms with Crippen molar-refractivity contribution in [3.8, 4) is 22.4 Å². The number of rotatable bonds is 6. The second-order valence-corrected chi connectivity index (χ2v) is 8.10. The van der Waals surface area contributed by atoms with Crippen LogP contribution in [0.3, 0.4) is 0 Å². The molecule has 0 aliphatic heterocycles. The van der Waals surface area contributed by atoms with Crippen molar-refractivity contribution in [2.24, 2.45) is 0 Å². The highest BCUT2D eigenvalue weighted by molar-refractivity contribution is 5.95. The largest absolute Gasteiger partial charge is 0.379 e. The Balaban J connectivity index is 1.57. The van der Waals surface area contributed by atoms with Crippen molar-refractivity contribution >= 4 is 17.0 Å². The van der Waals surface area contributed by atoms with Gasteiger partial charge >= 0.3 is 0 Å². The van der Waals surface area contributed by atoms with Crippen LogP contribution in [0.25, 0.3) is 33.4 Å². The van der Waals surface area contributed by atoms with Crippen molar-refractivity contribution in [3.05, 3.63) is 78.5 Å². The van der Waals surface area contributed by atoms with Gasteiger partial charge in [0, 0.05) is 40.7 Å². The van der Waals surface area contributed by atoms with Crippen LogP contribution >= 0.6 is 0 Å². The predicted molar refractivity (Wildman–Crippen MR) is 124 cm³/mol. The lowest BCUT2D eigenvalue weighted by Gasteiger charge is -2.24. The van der Waals surface area contributed by atoms with Crippen molar-refractivity contribution < 1.29 is 13.9 Å². The molecule has 0 saturated carbocycles. The normalized spacial score (nSPS) is 13.4. The number of H-pyrrole nitrogens is 1. The number of alkyl halides is 2. The van der Waals surface area contributed by atoms with Gasteiger partial charge < -0.3 is 15.8 Å². The number of hydrogen-bond acceptors (Lipinski definition) is 6. The molecule has 10 heteroatoms. The monoisotopic (exact) mass is 461 g/mol. The number of nitrogen functional groups attached to an aromatic ring is 1. The molecule has 0 saturated heterocycles. The van der Waals surface area contributed by atoms with Gasteiger partial charge in [0.2, 0.25) is 5.95 Å². The Morgan fingerprint density at radius 2 is 1.91 bits per heavy atom. The molecule has 4 heterocycles. The van der Waals surface area contributed by atoms with Crippen LogP contribution in [0, 0.1) is 0 Å². The predicted octanol–water partition coefficient (Wildman–Crippen LogP) is 3.99. The molecule has 1 aromatic carbocycles. The molecule has 0 spiro atoms. The number of benzene rings is 1. The number of aliphatic hydroxyl groups is 1. The third-order valence-electron chi connectivity index (χ3n) is 5.68. The Labute approximate surface area is 193 Å². The molecular formula is C24H21F2N7O. The highest BCUT2D eigenvalue weighted by Crippen LogP contribution is 2.34. The Kier molecular flexibility index (Phi) is 5.29. The smallest absolute Gasteiger partial charge is 0.257 e. The van der Waals surface area contributed by atoms with Crippen molar-refractivity contribution in [2.75, 3.05) is 5.73 Å². The summed E-state index contributed by atoms with van der Waals surface area (Å²) in [5.74, 6) is 0.0236. The van der Waals surface area contributed by atoms with E-state index in [1.807, 2.05) is 36.4 Å². The van der Waals surface area contributed by atoms with Gasteiger partial charge in [-0.1, -0.05) is 30.3 Å². The van der Waals surface area contributed by atoms with Crippen molar-refractivity contribution in [1.29, 1.82) is 0 Å². The van der Waals surface area contributed by atoms with E-state index in [1.54, 1.807) is 31.6 Å². The molecule has 8 nitrogen and oxygen atoms in total. The first-order chi connectivity index (χ1) is 16.3. The molecule has 0 amide bonds. The summed E-state index contributed by atoms with van der Waals surface area (Å²) in [5.41, 5.74) is 8.87. The molecule has 5 aromatic rings. The minimum Gasteiger partial charge on any atom is -0.379 e. The number of anilines is 1. The quantitative estimate of drug-likeness (QED) is 0.352. The van der Waals surface area contributed by atoms with Crippen LogP contribution in [0.2, 0.25) is 0 Å². The summed E-state index contributed by atoms with van der Waals surface area (Å²) in [4.78, 5) is 16.2. The van der Waals surface area contributed by atoms with Crippen LogP contribution in [0.5, 0.6) is 0 Å². The number of pyridine rings is 1. The Morgan fingerprint density at radius 1 is 1.12 bits per heavy atom. The summed E-state index contributed by atoms with van der Waals surface area (Å²) in [6.07, 6.45) is 3.99. The number of nitrogens with one attached hydrogen (secondary N) is 1. The van der Waals surface area contributed by atoms with E-state index in [0.717, 1.165) is 5.39 Å². The molecule has 0 aliphatic carbocycles. The zero-order valence-electron chi connectivity index (χ0n) is 18.2. The second kappa shape index (κ2) is 8.31. The fourth-order valence-electron chi connectivity index (χ4n) is 3.89. The first-order valence-electron chi connectivity index (χ1n) is 10.5. The van der Waals surface area contributed by atoms with Crippen LogP contribution < -0.4 is 5.73 Å². The topological polar surface area (TPSA) is 119 Å². The van der Waals surface area contributed by atoms with Gasteiger partial charge in [0.15, 0.2) is 0 Å². The van der Waals surface area contributed by atoms with Crippen molar-refractivity contribution in [2.45, 2.75) is 25.5 Å². The maximum Gasteiger partial charge on any atom is 0.257 e. The van der Waals surface area contributed by atoms with Crippen LogP contribution in [0.15, 0.2) is 67.3 Å². The summed E-state index contributed by atoms with van der Waals surface area (Å²) in [7, 11) is 0. The molecule has 1 unspecified atom stereocenters. The van der Waals surface area contributed by atoms with Crippen molar-refractivity contribution in [1.82, 2.24) is 29.7 Å². The van der Waals surface area contributed by atoms with E-state index >= 15 is 0 Å². The van der Waals surface area contributed by atoms with Gasteiger partial charge in [0.1, 0.15) is 17.8 Å². The fraction of sp³-hybridized carbons (Fsp3) is 0.167. The van der Waals surface area contributed by atoms with Gasteiger partial charge in [-0.05, 0) is 24.6 Å². The number of halogens is 2. The van der Waals surface area contributed by atoms with Gasteiger partial charge in [0.05, 0.1) is 17.6 Å². The third-order valence-corrected chi connectivity index (χ3v) is 5.68. The maximum absolute atomic E-state index is 12.7. The number of aromatic amines is 1. The van der Waals surface area contributed by atoms with E-state index in [9.17, 15) is 13.9 Å². The average Bonchev–Trinajstić information content (AvgIpc) is 3.45. The van der Waals surface area contributed by atoms with Crippen LogP contribution in [0.4, 0.5) is 14.7 Å². The van der Waals surface area contributed by atoms with Crippen LogP contribution in [0.1, 0.15) is 18.2 Å². The standard InChI is InChI=1S/C24H21F2N7O/c1-24(34,16-5-3-2-4-6-16)20-8-19(31-23(27)32-20)18-11-29-22-17(18)7-14(9-28-22)15-10-30-33(12-15)13-21(25)26/h2-12,21,34H,13H2,1H3,(H,28,29)(H2,27,31,32). The highest BCUT2D eigenvalue weighted by atomic mass is 19.3. The summed E-state index contributed by atoms with van der Waals surface area (Å²) < 4.78 is 26.6. The summed E-state index contributed by atoms with van der Waals surface area (Å²) >= 11 is 0. The lowest BCUT2D eigenvalue weighted by Crippen LogP contribution is -2.25. The van der Waals surface area contributed by atoms with E-state index in [0.29, 0.717) is 39.3 Å². The van der Waals surface area contributed by atoms with Gasteiger partial charge in [-0.3, -0.25) is 4.68 Å². The van der Waals surface area contributed by atoms with Gasteiger partial charge in [-0.15, -0.1) is 0 Å². The number of nitrogens with zero attached hydrogens (tertiary/aromatic N) is 5. The number of fused-ring (bicyclic) bond motifs is 1. The minimum absolute atomic E-state index is 0.0236. The van der Waals surface area contributed by atoms with E-state index in [1.165, 1.54) is 10.9 Å². The van der Waals surface area contributed by atoms with Gasteiger partial charge in [0.25, 0.3) is 6.43 Å². The number of hydrogen-bond donors (Lipinski definition) is 3. The molecular weight excluding hydrogens is 440 g/mol. The van der Waals surface area contributed by atoms with Gasteiger partial charge in [-0.25, -0.2) is 23.7 Å². The SMILES string of the molecule is CC(O)(c1ccccc1)c1cc(-c2c[nH]c3ncc(-c4cnn(CC(F)F)c4)cc23)nc(N)n1. The van der Waals surface area contributed by atoms with E-state index in [-0.39, 0.29) is 5.95 Å². The zero-order valence-corrected chi connectivity index (χ0v) is 18.2.